The molecule has 2 aromatic carbocycles. The highest BCUT2D eigenvalue weighted by atomic mass is 35.5. The van der Waals surface area contributed by atoms with Crippen LogP contribution in [0.3, 0.4) is 0 Å². The van der Waals surface area contributed by atoms with Gasteiger partial charge in [-0.3, -0.25) is 4.79 Å². The van der Waals surface area contributed by atoms with E-state index in [4.69, 9.17) is 16.3 Å². The number of hydrogen-bond acceptors (Lipinski definition) is 4. The van der Waals surface area contributed by atoms with Crippen LogP contribution in [0.4, 0.5) is 13.2 Å². The van der Waals surface area contributed by atoms with Crippen molar-refractivity contribution in [3.05, 3.63) is 64.7 Å². The zero-order valence-corrected chi connectivity index (χ0v) is 14.8. The number of rotatable bonds is 3. The molecule has 2 aromatic rings. The van der Waals surface area contributed by atoms with Gasteiger partial charge in [-0.2, -0.15) is 23.3 Å². The molecule has 1 aliphatic rings. The van der Waals surface area contributed by atoms with E-state index in [1.54, 1.807) is 12.1 Å². The lowest BCUT2D eigenvalue weighted by Crippen LogP contribution is -2.56. The van der Waals surface area contributed by atoms with Crippen molar-refractivity contribution in [2.24, 2.45) is 5.10 Å². The summed E-state index contributed by atoms with van der Waals surface area (Å²) in [5.74, 6) is -0.683. The summed E-state index contributed by atoms with van der Waals surface area (Å²) in [6.45, 7) is 0. The number of methoxy groups -OCH3 is 1. The van der Waals surface area contributed by atoms with Crippen LogP contribution in [-0.4, -0.2) is 40.7 Å². The van der Waals surface area contributed by atoms with Gasteiger partial charge >= 0.3 is 6.18 Å². The van der Waals surface area contributed by atoms with Crippen LogP contribution in [0.2, 0.25) is 5.02 Å². The molecule has 0 aromatic heterocycles. The standard InChI is InChI=1S/C18H14ClF3N2O3/c1-27-14-4-2-3-12(9-14)15-10-17(26,18(20,21)22)24(23-15)16(25)11-5-7-13(19)8-6-11/h2-9,26H,10H2,1H3/t17-/m0/s1. The Morgan fingerprint density at radius 3 is 2.52 bits per heavy atom. The van der Waals surface area contributed by atoms with Crippen LogP contribution in [0.25, 0.3) is 0 Å². The Bertz CT molecular complexity index is 899. The van der Waals surface area contributed by atoms with Crippen molar-refractivity contribution < 1.29 is 27.8 Å². The Morgan fingerprint density at radius 1 is 1.26 bits per heavy atom. The number of nitrogens with zero attached hydrogens (tertiary/aromatic N) is 2. The van der Waals surface area contributed by atoms with Gasteiger partial charge < -0.3 is 9.84 Å². The number of carbonyl (C=O) groups excluding carboxylic acids is 1. The molecule has 1 aliphatic heterocycles. The highest BCUT2D eigenvalue weighted by Gasteiger charge is 2.63. The number of amides is 1. The first kappa shape index (κ1) is 19.2. The Kier molecular flexibility index (Phi) is 4.88. The van der Waals surface area contributed by atoms with Gasteiger partial charge in [-0.05, 0) is 36.4 Å². The van der Waals surface area contributed by atoms with Gasteiger partial charge in [0, 0.05) is 16.1 Å². The van der Waals surface area contributed by atoms with Crippen molar-refractivity contribution in [3.8, 4) is 5.75 Å². The van der Waals surface area contributed by atoms with Crippen molar-refractivity contribution >= 4 is 23.2 Å². The molecule has 0 unspecified atom stereocenters. The summed E-state index contributed by atoms with van der Waals surface area (Å²) >= 11 is 5.74. The summed E-state index contributed by atoms with van der Waals surface area (Å²) in [6.07, 6.45) is -6.01. The summed E-state index contributed by atoms with van der Waals surface area (Å²) in [7, 11) is 1.41. The fourth-order valence-electron chi connectivity index (χ4n) is 2.66. The summed E-state index contributed by atoms with van der Waals surface area (Å²) in [5, 5.41) is 14.5. The summed E-state index contributed by atoms with van der Waals surface area (Å²) in [6, 6.07) is 11.5. The SMILES string of the molecule is COc1cccc(C2=NN(C(=O)c3ccc(Cl)cc3)[C@@](O)(C(F)(F)F)C2)c1. The van der Waals surface area contributed by atoms with Crippen LogP contribution in [0, 0.1) is 0 Å². The van der Waals surface area contributed by atoms with E-state index in [2.05, 4.69) is 5.10 Å². The maximum Gasteiger partial charge on any atom is 0.438 e. The Morgan fingerprint density at radius 2 is 1.93 bits per heavy atom. The third-order valence-electron chi connectivity index (χ3n) is 4.13. The van der Waals surface area contributed by atoms with Crippen LogP contribution < -0.4 is 4.74 Å². The van der Waals surface area contributed by atoms with Gasteiger partial charge in [0.15, 0.2) is 0 Å². The van der Waals surface area contributed by atoms with E-state index in [-0.39, 0.29) is 16.3 Å². The number of hydrogen-bond donors (Lipinski definition) is 1. The summed E-state index contributed by atoms with van der Waals surface area (Å²) in [5.41, 5.74) is -3.32. The van der Waals surface area contributed by atoms with Gasteiger partial charge in [-0.15, -0.1) is 0 Å². The quantitative estimate of drug-likeness (QED) is 0.854. The van der Waals surface area contributed by atoms with Crippen molar-refractivity contribution in [2.45, 2.75) is 18.3 Å². The Labute approximate surface area is 157 Å². The molecule has 142 valence electrons. The molecule has 27 heavy (non-hydrogen) atoms. The van der Waals surface area contributed by atoms with Crippen molar-refractivity contribution in [2.75, 3.05) is 7.11 Å². The van der Waals surface area contributed by atoms with Gasteiger partial charge in [-0.25, -0.2) is 0 Å². The van der Waals surface area contributed by atoms with Crippen molar-refractivity contribution in [1.29, 1.82) is 0 Å². The van der Waals surface area contributed by atoms with E-state index in [0.29, 0.717) is 16.3 Å². The monoisotopic (exact) mass is 398 g/mol. The number of carbonyl (C=O) groups is 1. The molecule has 9 heteroatoms. The van der Waals surface area contributed by atoms with E-state index < -0.39 is 24.2 Å². The Balaban J connectivity index is 2.04. The molecule has 1 N–H and O–H groups in total. The number of ether oxygens (including phenoxy) is 1. The minimum atomic E-state index is -5.11. The van der Waals surface area contributed by atoms with Crippen LogP contribution in [0.15, 0.2) is 53.6 Å². The molecule has 0 saturated heterocycles. The highest BCUT2D eigenvalue weighted by Crippen LogP contribution is 2.42. The summed E-state index contributed by atoms with van der Waals surface area (Å²) < 4.78 is 45.9. The van der Waals surface area contributed by atoms with Crippen molar-refractivity contribution in [3.63, 3.8) is 0 Å². The van der Waals surface area contributed by atoms with Gasteiger partial charge in [0.2, 0.25) is 0 Å². The first-order valence-corrected chi connectivity index (χ1v) is 8.14. The van der Waals surface area contributed by atoms with Gasteiger partial charge in [-0.1, -0.05) is 23.7 Å². The fraction of sp³-hybridized carbons (Fsp3) is 0.222. The zero-order chi connectivity index (χ0) is 19.8. The molecule has 0 bridgehead atoms. The van der Waals surface area contributed by atoms with Crippen molar-refractivity contribution in [1.82, 2.24) is 5.01 Å². The molecule has 1 atom stereocenters. The number of hydrazone groups is 1. The average Bonchev–Trinajstić information content (AvgIpc) is 3.01. The van der Waals surface area contributed by atoms with E-state index in [1.807, 2.05) is 0 Å². The van der Waals surface area contributed by atoms with Gasteiger partial charge in [0.25, 0.3) is 11.6 Å². The first-order valence-electron chi connectivity index (χ1n) is 7.77. The predicted octanol–water partition coefficient (Wildman–Crippen LogP) is 3.85. The van der Waals surface area contributed by atoms with Crippen LogP contribution in [-0.2, 0) is 0 Å². The number of aliphatic hydroxyl groups is 1. The lowest BCUT2D eigenvalue weighted by molar-refractivity contribution is -0.297. The lowest BCUT2D eigenvalue weighted by atomic mass is 10.0. The van der Waals surface area contributed by atoms with E-state index >= 15 is 0 Å². The molecule has 3 rings (SSSR count). The molecule has 5 nitrogen and oxygen atoms in total. The minimum Gasteiger partial charge on any atom is -0.497 e. The molecule has 0 aliphatic carbocycles. The summed E-state index contributed by atoms with van der Waals surface area (Å²) in [4.78, 5) is 12.6. The second-order valence-corrected chi connectivity index (χ2v) is 6.33. The maximum absolute atomic E-state index is 13.6. The number of halogens is 4. The largest absolute Gasteiger partial charge is 0.497 e. The smallest absolute Gasteiger partial charge is 0.438 e. The van der Waals surface area contributed by atoms with Gasteiger partial charge in [0.05, 0.1) is 19.2 Å². The molecule has 0 spiro atoms. The molecule has 0 fully saturated rings. The van der Waals surface area contributed by atoms with Gasteiger partial charge in [0.1, 0.15) is 5.75 Å². The molecule has 1 amide bonds. The third-order valence-corrected chi connectivity index (χ3v) is 4.38. The molecule has 0 radical (unpaired) electrons. The fourth-order valence-corrected chi connectivity index (χ4v) is 2.78. The molecular formula is C18H14ClF3N2O3. The average molecular weight is 399 g/mol. The van der Waals surface area contributed by atoms with E-state index in [9.17, 15) is 23.1 Å². The van der Waals surface area contributed by atoms with E-state index in [1.165, 1.54) is 43.5 Å². The molecule has 0 saturated carbocycles. The van der Waals surface area contributed by atoms with Crippen LogP contribution >= 0.6 is 11.6 Å². The highest BCUT2D eigenvalue weighted by molar-refractivity contribution is 6.30. The lowest BCUT2D eigenvalue weighted by Gasteiger charge is -2.32. The second kappa shape index (κ2) is 6.86. The topological polar surface area (TPSA) is 62.1 Å². The van der Waals surface area contributed by atoms with Crippen LogP contribution in [0.1, 0.15) is 22.3 Å². The zero-order valence-electron chi connectivity index (χ0n) is 14.0. The van der Waals surface area contributed by atoms with Crippen LogP contribution in [0.5, 0.6) is 5.75 Å². The normalized spacial score (nSPS) is 19.8. The molecular weight excluding hydrogens is 385 g/mol. The van der Waals surface area contributed by atoms with E-state index in [0.717, 1.165) is 0 Å². The minimum absolute atomic E-state index is 0.0745. The molecule has 1 heterocycles. The predicted molar refractivity (Wildman–Crippen MR) is 92.8 cm³/mol. The number of benzene rings is 2. The second-order valence-electron chi connectivity index (χ2n) is 5.89. The maximum atomic E-state index is 13.6. The number of alkyl halides is 3. The first-order chi connectivity index (χ1) is 12.7. The third kappa shape index (κ3) is 3.50. The Hall–Kier alpha value is -2.58.